The molecule has 0 aromatic heterocycles. The summed E-state index contributed by atoms with van der Waals surface area (Å²) in [5.74, 6) is 0.731. The van der Waals surface area contributed by atoms with Gasteiger partial charge in [-0.1, -0.05) is 6.92 Å². The van der Waals surface area contributed by atoms with E-state index in [9.17, 15) is 9.18 Å². The monoisotopic (exact) mass is 263 g/mol. The van der Waals surface area contributed by atoms with Gasteiger partial charge in [-0.15, -0.1) is 0 Å². The Morgan fingerprint density at radius 1 is 1.53 bits per heavy atom. The molecule has 1 aromatic rings. The van der Waals surface area contributed by atoms with Gasteiger partial charge < -0.3 is 9.64 Å². The molecular formula is C15H18FNO2. The number of hydrogen-bond donors (Lipinski definition) is 0. The van der Waals surface area contributed by atoms with Gasteiger partial charge in [0.1, 0.15) is 12.4 Å². The number of likely N-dealkylation sites (N-methyl/N-ethyl adjacent to an activating group) is 1. The second-order valence-electron chi connectivity index (χ2n) is 4.71. The molecule has 1 heterocycles. The standard InChI is InChI=1S/C15H18FNO2/c1-3-11(9-16)10-19-13-4-5-14-12(8-13)6-7-17(2)15(14)18/h4-5,8-9H,3,6-7,10H2,1-2H3. The summed E-state index contributed by atoms with van der Waals surface area (Å²) < 4.78 is 18.0. The molecule has 0 N–H and O–H groups in total. The minimum atomic E-state index is 0.0469. The summed E-state index contributed by atoms with van der Waals surface area (Å²) in [6.07, 6.45) is 2.05. The Balaban J connectivity index is 2.12. The van der Waals surface area contributed by atoms with Gasteiger partial charge in [0.05, 0.1) is 6.33 Å². The summed E-state index contributed by atoms with van der Waals surface area (Å²) in [6.45, 7) is 2.86. The number of nitrogens with zero attached hydrogens (tertiary/aromatic N) is 1. The van der Waals surface area contributed by atoms with Gasteiger partial charge in [0.15, 0.2) is 0 Å². The van der Waals surface area contributed by atoms with E-state index in [1.54, 1.807) is 24.1 Å². The fourth-order valence-corrected chi connectivity index (χ4v) is 2.06. The van der Waals surface area contributed by atoms with Crippen molar-refractivity contribution in [1.29, 1.82) is 0 Å². The van der Waals surface area contributed by atoms with E-state index in [0.29, 0.717) is 24.1 Å². The van der Waals surface area contributed by atoms with Crippen molar-refractivity contribution in [3.63, 3.8) is 0 Å². The lowest BCUT2D eigenvalue weighted by atomic mass is 9.99. The van der Waals surface area contributed by atoms with Gasteiger partial charge in [0, 0.05) is 19.2 Å². The lowest BCUT2D eigenvalue weighted by molar-refractivity contribution is 0.0781. The number of rotatable bonds is 4. The average molecular weight is 263 g/mol. The van der Waals surface area contributed by atoms with E-state index in [-0.39, 0.29) is 12.5 Å². The van der Waals surface area contributed by atoms with E-state index >= 15 is 0 Å². The van der Waals surface area contributed by atoms with Crippen LogP contribution in [0.25, 0.3) is 0 Å². The quantitative estimate of drug-likeness (QED) is 0.836. The zero-order valence-electron chi connectivity index (χ0n) is 11.3. The Hall–Kier alpha value is -1.84. The number of ether oxygens (including phenoxy) is 1. The second kappa shape index (κ2) is 5.87. The van der Waals surface area contributed by atoms with Crippen LogP contribution in [0, 0.1) is 0 Å². The molecule has 1 amide bonds. The largest absolute Gasteiger partial charge is 0.489 e. The molecule has 0 aliphatic carbocycles. The van der Waals surface area contributed by atoms with Crippen molar-refractivity contribution < 1.29 is 13.9 Å². The van der Waals surface area contributed by atoms with Crippen LogP contribution in [-0.2, 0) is 6.42 Å². The van der Waals surface area contributed by atoms with Crippen LogP contribution >= 0.6 is 0 Å². The van der Waals surface area contributed by atoms with Crippen molar-refractivity contribution in [3.05, 3.63) is 41.2 Å². The van der Waals surface area contributed by atoms with Crippen molar-refractivity contribution in [2.24, 2.45) is 0 Å². The molecule has 0 spiro atoms. The van der Waals surface area contributed by atoms with Crippen LogP contribution < -0.4 is 4.74 Å². The molecule has 1 aliphatic rings. The Bertz CT molecular complexity index is 511. The van der Waals surface area contributed by atoms with Gasteiger partial charge in [-0.2, -0.15) is 0 Å². The molecule has 0 atom stereocenters. The molecule has 0 unspecified atom stereocenters. The SMILES string of the molecule is CCC(=CF)COc1ccc2c(c1)CCN(C)C2=O. The Morgan fingerprint density at radius 2 is 2.32 bits per heavy atom. The first-order valence-corrected chi connectivity index (χ1v) is 6.45. The van der Waals surface area contributed by atoms with Crippen LogP contribution in [0.15, 0.2) is 30.1 Å². The van der Waals surface area contributed by atoms with Crippen LogP contribution in [0.4, 0.5) is 4.39 Å². The predicted molar refractivity (Wildman–Crippen MR) is 72.1 cm³/mol. The maximum absolute atomic E-state index is 12.4. The third-order valence-electron chi connectivity index (χ3n) is 3.40. The second-order valence-corrected chi connectivity index (χ2v) is 4.71. The lowest BCUT2D eigenvalue weighted by Gasteiger charge is -2.25. The third kappa shape index (κ3) is 2.95. The summed E-state index contributed by atoms with van der Waals surface area (Å²) in [6, 6.07) is 5.43. The molecule has 102 valence electrons. The van der Waals surface area contributed by atoms with E-state index in [4.69, 9.17) is 4.74 Å². The summed E-state index contributed by atoms with van der Waals surface area (Å²) in [5.41, 5.74) is 2.36. The van der Waals surface area contributed by atoms with E-state index in [1.165, 1.54) is 0 Å². The van der Waals surface area contributed by atoms with Crippen molar-refractivity contribution in [2.45, 2.75) is 19.8 Å². The molecule has 2 rings (SSSR count). The molecule has 19 heavy (non-hydrogen) atoms. The number of halogens is 1. The van der Waals surface area contributed by atoms with E-state index in [0.717, 1.165) is 24.1 Å². The van der Waals surface area contributed by atoms with Gasteiger partial charge in [-0.05, 0) is 42.2 Å². The number of fused-ring (bicyclic) bond motifs is 1. The first kappa shape index (κ1) is 13.6. The number of carbonyl (C=O) groups is 1. The maximum Gasteiger partial charge on any atom is 0.253 e. The maximum atomic E-state index is 12.4. The average Bonchev–Trinajstić information content (AvgIpc) is 2.44. The Morgan fingerprint density at radius 3 is 3.00 bits per heavy atom. The van der Waals surface area contributed by atoms with Crippen LogP contribution in [-0.4, -0.2) is 31.0 Å². The highest BCUT2D eigenvalue weighted by Crippen LogP contribution is 2.23. The highest BCUT2D eigenvalue weighted by Gasteiger charge is 2.21. The summed E-state index contributed by atoms with van der Waals surface area (Å²) in [4.78, 5) is 13.6. The van der Waals surface area contributed by atoms with Gasteiger partial charge in [0.2, 0.25) is 0 Å². The molecule has 0 bridgehead atoms. The highest BCUT2D eigenvalue weighted by atomic mass is 19.1. The summed E-state index contributed by atoms with van der Waals surface area (Å²) in [5, 5.41) is 0. The lowest BCUT2D eigenvalue weighted by Crippen LogP contribution is -2.34. The normalized spacial score (nSPS) is 15.4. The van der Waals surface area contributed by atoms with Gasteiger partial charge in [0.25, 0.3) is 5.91 Å². The molecule has 0 saturated heterocycles. The van der Waals surface area contributed by atoms with Gasteiger partial charge in [-0.25, -0.2) is 4.39 Å². The number of benzene rings is 1. The van der Waals surface area contributed by atoms with Gasteiger partial charge in [-0.3, -0.25) is 4.79 Å². The predicted octanol–water partition coefficient (Wildman–Crippen LogP) is 2.96. The molecule has 1 aromatic carbocycles. The molecule has 4 heteroatoms. The molecule has 3 nitrogen and oxygen atoms in total. The van der Waals surface area contributed by atoms with Crippen molar-refractivity contribution in [3.8, 4) is 5.75 Å². The summed E-state index contributed by atoms with van der Waals surface area (Å²) in [7, 11) is 1.80. The number of amides is 1. The molecule has 0 fully saturated rings. The highest BCUT2D eigenvalue weighted by molar-refractivity contribution is 5.96. The smallest absolute Gasteiger partial charge is 0.253 e. The van der Waals surface area contributed by atoms with Crippen LogP contribution in [0.2, 0.25) is 0 Å². The minimum Gasteiger partial charge on any atom is -0.489 e. The third-order valence-corrected chi connectivity index (χ3v) is 3.40. The topological polar surface area (TPSA) is 29.5 Å². The number of hydrogen-bond acceptors (Lipinski definition) is 2. The minimum absolute atomic E-state index is 0.0469. The fraction of sp³-hybridized carbons (Fsp3) is 0.400. The Kier molecular flexibility index (Phi) is 4.20. The molecule has 0 radical (unpaired) electrons. The molecule has 0 saturated carbocycles. The van der Waals surface area contributed by atoms with Crippen LogP contribution in [0.1, 0.15) is 29.3 Å². The van der Waals surface area contributed by atoms with Gasteiger partial charge >= 0.3 is 0 Å². The molecule has 1 aliphatic heterocycles. The van der Waals surface area contributed by atoms with Crippen molar-refractivity contribution in [2.75, 3.05) is 20.2 Å². The van der Waals surface area contributed by atoms with Crippen LogP contribution in [0.5, 0.6) is 5.75 Å². The van der Waals surface area contributed by atoms with E-state index in [2.05, 4.69) is 0 Å². The van der Waals surface area contributed by atoms with E-state index < -0.39 is 0 Å². The van der Waals surface area contributed by atoms with E-state index in [1.807, 2.05) is 13.0 Å². The van der Waals surface area contributed by atoms with Crippen molar-refractivity contribution >= 4 is 5.91 Å². The summed E-state index contributed by atoms with van der Waals surface area (Å²) >= 11 is 0. The fourth-order valence-electron chi connectivity index (χ4n) is 2.06. The Labute approximate surface area is 112 Å². The zero-order chi connectivity index (χ0) is 13.8. The zero-order valence-corrected chi connectivity index (χ0v) is 11.3. The first-order chi connectivity index (χ1) is 9.15. The number of carbonyl (C=O) groups excluding carboxylic acids is 1. The molecular weight excluding hydrogens is 245 g/mol. The van der Waals surface area contributed by atoms with Crippen molar-refractivity contribution in [1.82, 2.24) is 4.90 Å². The first-order valence-electron chi connectivity index (χ1n) is 6.45. The van der Waals surface area contributed by atoms with Crippen LogP contribution in [0.3, 0.4) is 0 Å².